The Balaban J connectivity index is 1.83. The van der Waals surface area contributed by atoms with Crippen molar-refractivity contribution in [3.8, 4) is 11.5 Å². The van der Waals surface area contributed by atoms with Gasteiger partial charge in [0.15, 0.2) is 11.5 Å². The number of esters is 1. The number of carbonyl (C=O) groups excluding carboxylic acids is 4. The predicted molar refractivity (Wildman–Crippen MR) is 195 cm³/mol. The molecule has 0 bridgehead atoms. The molecule has 2 aliphatic rings. The number of benzene rings is 1. The minimum atomic E-state index is -0.808. The van der Waals surface area contributed by atoms with E-state index in [0.717, 1.165) is 12.0 Å². The van der Waals surface area contributed by atoms with Crippen molar-refractivity contribution in [1.82, 2.24) is 4.90 Å². The lowest BCUT2D eigenvalue weighted by atomic mass is 9.78. The van der Waals surface area contributed by atoms with Crippen molar-refractivity contribution >= 4 is 23.8 Å². The van der Waals surface area contributed by atoms with Gasteiger partial charge in [-0.05, 0) is 74.0 Å². The Morgan fingerprint density at radius 1 is 1.00 bits per heavy atom. The Morgan fingerprint density at radius 2 is 1.71 bits per heavy atom. The van der Waals surface area contributed by atoms with Crippen LogP contribution in [0.1, 0.15) is 92.1 Å². The zero-order chi connectivity index (χ0) is 38.6. The Kier molecular flexibility index (Phi) is 16.2. The molecule has 0 spiro atoms. The second-order valence-electron chi connectivity index (χ2n) is 15.7. The van der Waals surface area contributed by atoms with Gasteiger partial charge in [0.1, 0.15) is 12.5 Å². The van der Waals surface area contributed by atoms with Gasteiger partial charge in [-0.1, -0.05) is 47.6 Å². The van der Waals surface area contributed by atoms with Crippen LogP contribution in [0.5, 0.6) is 11.5 Å². The summed E-state index contributed by atoms with van der Waals surface area (Å²) in [6, 6.07) is 5.50. The van der Waals surface area contributed by atoms with Gasteiger partial charge >= 0.3 is 12.1 Å². The maximum absolute atomic E-state index is 13.6. The topological polar surface area (TPSA) is 179 Å². The van der Waals surface area contributed by atoms with Gasteiger partial charge in [-0.25, -0.2) is 4.79 Å². The third-order valence-electron chi connectivity index (χ3n) is 10.9. The van der Waals surface area contributed by atoms with Gasteiger partial charge in [0.2, 0.25) is 12.7 Å². The SMILES string of the molecule is COCCCOc1cc(C[C@@H](C[C@H]2[C@H](C[C@H](C(=O)CCC(C)(C)C(N)=O)C(C)C)OCN2C(=O)OCOC(=O)C2(CN)CC2)C(C)C)ccc1OC. The molecule has 13 nitrogen and oxygen atoms in total. The van der Waals surface area contributed by atoms with E-state index in [0.29, 0.717) is 63.2 Å². The number of carbonyl (C=O) groups is 4. The van der Waals surface area contributed by atoms with Crippen molar-refractivity contribution in [3.63, 3.8) is 0 Å². The minimum Gasteiger partial charge on any atom is -0.493 e. The highest BCUT2D eigenvalue weighted by Crippen LogP contribution is 2.45. The smallest absolute Gasteiger partial charge is 0.414 e. The van der Waals surface area contributed by atoms with E-state index in [4.69, 9.17) is 39.9 Å². The minimum absolute atomic E-state index is 0.00588. The summed E-state index contributed by atoms with van der Waals surface area (Å²) in [6.07, 6.45) is 3.13. The van der Waals surface area contributed by atoms with E-state index in [9.17, 15) is 19.2 Å². The van der Waals surface area contributed by atoms with Crippen LogP contribution < -0.4 is 20.9 Å². The Hall–Kier alpha value is -3.42. The highest BCUT2D eigenvalue weighted by molar-refractivity contribution is 5.84. The van der Waals surface area contributed by atoms with E-state index in [1.807, 2.05) is 32.0 Å². The van der Waals surface area contributed by atoms with Gasteiger partial charge in [0.25, 0.3) is 0 Å². The first kappa shape index (κ1) is 43.0. The first-order valence-corrected chi connectivity index (χ1v) is 18.6. The molecule has 13 heteroatoms. The molecular formula is C39H63N3O10. The van der Waals surface area contributed by atoms with Crippen LogP contribution in [0.3, 0.4) is 0 Å². The number of rotatable bonds is 23. The van der Waals surface area contributed by atoms with E-state index < -0.39 is 47.7 Å². The third kappa shape index (κ3) is 11.8. The zero-order valence-corrected chi connectivity index (χ0v) is 32.6. The lowest BCUT2D eigenvalue weighted by Gasteiger charge is -2.33. The molecule has 0 radical (unpaired) electrons. The number of primary amides is 1. The quantitative estimate of drug-likeness (QED) is 0.0854. The van der Waals surface area contributed by atoms with E-state index in [-0.39, 0.29) is 49.2 Å². The molecular weight excluding hydrogens is 670 g/mol. The summed E-state index contributed by atoms with van der Waals surface area (Å²) in [5, 5.41) is 0. The maximum Gasteiger partial charge on any atom is 0.414 e. The second-order valence-corrected chi connectivity index (χ2v) is 15.7. The third-order valence-corrected chi connectivity index (χ3v) is 10.9. The summed E-state index contributed by atoms with van der Waals surface area (Å²) in [4.78, 5) is 53.2. The summed E-state index contributed by atoms with van der Waals surface area (Å²) in [5.41, 5.74) is 10.9. The molecule has 3 rings (SSSR count). The van der Waals surface area contributed by atoms with Crippen LogP contribution in [-0.2, 0) is 39.8 Å². The monoisotopic (exact) mass is 733 g/mol. The highest BCUT2D eigenvalue weighted by Gasteiger charge is 2.50. The number of amides is 2. The highest BCUT2D eigenvalue weighted by atomic mass is 16.7. The summed E-state index contributed by atoms with van der Waals surface area (Å²) < 4.78 is 33.8. The molecule has 294 valence electrons. The predicted octanol–water partition coefficient (Wildman–Crippen LogP) is 5.24. The molecule has 52 heavy (non-hydrogen) atoms. The summed E-state index contributed by atoms with van der Waals surface area (Å²) in [6.45, 7) is 12.5. The number of hydrogen-bond acceptors (Lipinski definition) is 11. The van der Waals surface area contributed by atoms with Crippen LogP contribution in [0, 0.1) is 34.5 Å². The molecule has 1 aliphatic carbocycles. The van der Waals surface area contributed by atoms with E-state index in [1.165, 1.54) is 0 Å². The number of Topliss-reactive ketones (excluding diaryl/α,β-unsaturated/α-hetero) is 1. The van der Waals surface area contributed by atoms with Gasteiger partial charge in [0.05, 0.1) is 31.3 Å². The van der Waals surface area contributed by atoms with Crippen molar-refractivity contribution in [2.45, 2.75) is 105 Å². The lowest BCUT2D eigenvalue weighted by Crippen LogP contribution is -2.43. The average Bonchev–Trinajstić information content (AvgIpc) is 3.81. The standard InChI is InChI=1S/C39H63N3O10/c1-25(2)28(18-27-10-11-32(48-8)34(19-27)49-17-9-16-47-7)20-30-33(21-29(26(3)4)31(43)12-13-38(5,6)35(41)44)50-23-42(30)37(46)52-24-51-36(45)39(22-40)14-15-39/h10-11,19,25-26,28-30,33H,9,12-18,20-24,40H2,1-8H3,(H2,41,44)/t28-,29-,30-,33-/m0/s1. The van der Waals surface area contributed by atoms with Crippen molar-refractivity contribution in [3.05, 3.63) is 23.8 Å². The van der Waals surface area contributed by atoms with Crippen LogP contribution in [0.2, 0.25) is 0 Å². The van der Waals surface area contributed by atoms with Gasteiger partial charge in [-0.3, -0.25) is 19.3 Å². The number of nitrogens with zero attached hydrogens (tertiary/aromatic N) is 1. The van der Waals surface area contributed by atoms with E-state index in [1.54, 1.807) is 33.0 Å². The molecule has 1 aromatic carbocycles. The zero-order valence-electron chi connectivity index (χ0n) is 32.6. The fourth-order valence-electron chi connectivity index (χ4n) is 6.61. The van der Waals surface area contributed by atoms with Crippen LogP contribution >= 0.6 is 0 Å². The molecule has 4 atom stereocenters. The number of ether oxygens (including phenoxy) is 6. The van der Waals surface area contributed by atoms with Crippen molar-refractivity contribution < 1.29 is 47.6 Å². The molecule has 1 aliphatic heterocycles. The van der Waals surface area contributed by atoms with Crippen molar-refractivity contribution in [2.24, 2.45) is 46.0 Å². The van der Waals surface area contributed by atoms with Gasteiger partial charge < -0.3 is 39.9 Å². The van der Waals surface area contributed by atoms with Gasteiger partial charge in [-0.15, -0.1) is 0 Å². The Labute approximate surface area is 309 Å². The van der Waals surface area contributed by atoms with E-state index >= 15 is 0 Å². The van der Waals surface area contributed by atoms with Crippen LogP contribution in [0.25, 0.3) is 0 Å². The maximum atomic E-state index is 13.6. The number of hydrogen-bond donors (Lipinski definition) is 2. The summed E-state index contributed by atoms with van der Waals surface area (Å²) in [5.74, 6) is 0.365. The molecule has 1 aromatic rings. The summed E-state index contributed by atoms with van der Waals surface area (Å²) in [7, 11) is 3.27. The molecule has 1 saturated heterocycles. The van der Waals surface area contributed by atoms with Crippen molar-refractivity contribution in [2.75, 3.05) is 47.5 Å². The van der Waals surface area contributed by atoms with Gasteiger partial charge in [0, 0.05) is 44.4 Å². The van der Waals surface area contributed by atoms with Crippen LogP contribution in [0.4, 0.5) is 4.79 Å². The van der Waals surface area contributed by atoms with Crippen LogP contribution in [-0.4, -0.2) is 88.3 Å². The molecule has 2 amide bonds. The van der Waals surface area contributed by atoms with Crippen LogP contribution in [0.15, 0.2) is 18.2 Å². The average molecular weight is 734 g/mol. The molecule has 0 aromatic heterocycles. The Morgan fingerprint density at radius 3 is 2.29 bits per heavy atom. The first-order valence-electron chi connectivity index (χ1n) is 18.6. The lowest BCUT2D eigenvalue weighted by molar-refractivity contribution is -0.158. The molecule has 1 saturated carbocycles. The normalized spacial score (nSPS) is 19.3. The molecule has 1 heterocycles. The molecule has 2 fully saturated rings. The second kappa shape index (κ2) is 19.6. The largest absolute Gasteiger partial charge is 0.493 e. The number of methoxy groups -OCH3 is 2. The number of nitrogens with two attached hydrogens (primary N) is 2. The number of ketones is 1. The van der Waals surface area contributed by atoms with E-state index in [2.05, 4.69) is 13.8 Å². The Bertz CT molecular complexity index is 1350. The first-order chi connectivity index (χ1) is 24.6. The fourth-order valence-corrected chi connectivity index (χ4v) is 6.61. The van der Waals surface area contributed by atoms with Gasteiger partial charge in [-0.2, -0.15) is 0 Å². The molecule has 4 N–H and O–H groups in total. The fraction of sp³-hybridized carbons (Fsp3) is 0.744. The molecule has 0 unspecified atom stereocenters. The summed E-state index contributed by atoms with van der Waals surface area (Å²) >= 11 is 0. The van der Waals surface area contributed by atoms with Crippen molar-refractivity contribution in [1.29, 1.82) is 0 Å².